The minimum Gasteiger partial charge on any atom is -0.369 e. The molecule has 198 valence electrons. The molecule has 2 aliphatic heterocycles. The molecule has 2 aliphatic rings. The van der Waals surface area contributed by atoms with E-state index in [1.807, 2.05) is 9.80 Å². The molecule has 0 saturated carbocycles. The SMILES string of the molecule is O=C(CC1C(=O)NCCN1C(=O)CN1CCN(c2cccc(C(F)(F)F)c2)CC1)Nc1ccc(Br)cc1. The van der Waals surface area contributed by atoms with Crippen LogP contribution in [0.2, 0.25) is 0 Å². The summed E-state index contributed by atoms with van der Waals surface area (Å²) in [4.78, 5) is 43.5. The second kappa shape index (κ2) is 11.5. The lowest BCUT2D eigenvalue weighted by molar-refractivity contribution is -0.145. The fourth-order valence-corrected chi connectivity index (χ4v) is 4.73. The topological polar surface area (TPSA) is 85.0 Å². The van der Waals surface area contributed by atoms with Gasteiger partial charge in [0, 0.05) is 55.1 Å². The van der Waals surface area contributed by atoms with Crippen LogP contribution in [0.1, 0.15) is 12.0 Å². The second-order valence-electron chi connectivity index (χ2n) is 8.96. The van der Waals surface area contributed by atoms with Gasteiger partial charge in [-0.15, -0.1) is 0 Å². The molecule has 12 heteroatoms. The van der Waals surface area contributed by atoms with Crippen molar-refractivity contribution < 1.29 is 27.6 Å². The number of hydrogen-bond acceptors (Lipinski definition) is 5. The molecule has 2 aromatic carbocycles. The first-order valence-electron chi connectivity index (χ1n) is 11.9. The lowest BCUT2D eigenvalue weighted by Gasteiger charge is -2.39. The maximum absolute atomic E-state index is 13.1. The van der Waals surface area contributed by atoms with E-state index >= 15 is 0 Å². The fourth-order valence-electron chi connectivity index (χ4n) is 4.46. The number of benzene rings is 2. The van der Waals surface area contributed by atoms with Crippen LogP contribution in [-0.2, 0) is 20.6 Å². The number of amides is 3. The summed E-state index contributed by atoms with van der Waals surface area (Å²) in [6.45, 7) is 2.56. The molecule has 0 radical (unpaired) electrons. The van der Waals surface area contributed by atoms with Gasteiger partial charge in [0.05, 0.1) is 18.5 Å². The minimum absolute atomic E-state index is 0.0640. The van der Waals surface area contributed by atoms with E-state index in [9.17, 15) is 27.6 Å². The highest BCUT2D eigenvalue weighted by molar-refractivity contribution is 9.10. The lowest BCUT2D eigenvalue weighted by atomic mass is 10.1. The van der Waals surface area contributed by atoms with Crippen molar-refractivity contribution in [2.45, 2.75) is 18.6 Å². The van der Waals surface area contributed by atoms with Crippen LogP contribution in [0, 0.1) is 0 Å². The van der Waals surface area contributed by atoms with E-state index in [1.165, 1.54) is 11.0 Å². The van der Waals surface area contributed by atoms with Gasteiger partial charge in [-0.25, -0.2) is 0 Å². The number of alkyl halides is 3. The van der Waals surface area contributed by atoms with Crippen LogP contribution < -0.4 is 15.5 Å². The molecule has 2 N–H and O–H groups in total. The van der Waals surface area contributed by atoms with Crippen LogP contribution in [0.15, 0.2) is 53.0 Å². The third-order valence-electron chi connectivity index (χ3n) is 6.43. The fraction of sp³-hybridized carbons (Fsp3) is 0.400. The van der Waals surface area contributed by atoms with Crippen molar-refractivity contribution in [3.05, 3.63) is 58.6 Å². The van der Waals surface area contributed by atoms with Gasteiger partial charge < -0.3 is 20.4 Å². The molecule has 1 unspecified atom stereocenters. The summed E-state index contributed by atoms with van der Waals surface area (Å²) in [6.07, 6.45) is -4.58. The minimum atomic E-state index is -4.41. The summed E-state index contributed by atoms with van der Waals surface area (Å²) in [5, 5.41) is 5.46. The van der Waals surface area contributed by atoms with E-state index in [0.717, 1.165) is 16.6 Å². The molecule has 0 bridgehead atoms. The Morgan fingerprint density at radius 2 is 1.73 bits per heavy atom. The number of nitrogens with zero attached hydrogens (tertiary/aromatic N) is 3. The average Bonchev–Trinajstić information content (AvgIpc) is 2.86. The summed E-state index contributed by atoms with van der Waals surface area (Å²) in [7, 11) is 0. The number of hydrogen-bond donors (Lipinski definition) is 2. The zero-order valence-electron chi connectivity index (χ0n) is 19.9. The van der Waals surface area contributed by atoms with Crippen LogP contribution in [0.25, 0.3) is 0 Å². The van der Waals surface area contributed by atoms with E-state index in [0.29, 0.717) is 50.6 Å². The van der Waals surface area contributed by atoms with Crippen LogP contribution in [-0.4, -0.2) is 79.4 Å². The Kier molecular flexibility index (Phi) is 8.38. The first-order chi connectivity index (χ1) is 17.6. The number of carbonyl (C=O) groups excluding carboxylic acids is 3. The quantitative estimate of drug-likeness (QED) is 0.548. The van der Waals surface area contributed by atoms with Crippen molar-refractivity contribution in [2.75, 3.05) is 56.0 Å². The normalized spacial score (nSPS) is 18.9. The standard InChI is InChI=1S/C25H27BrF3N5O3/c26-18-4-6-19(7-5-18)31-22(35)15-21-24(37)30-8-9-34(21)23(36)16-32-10-12-33(13-11-32)20-3-1-2-17(14-20)25(27,28)29/h1-7,14,21H,8-13,15-16H2,(H,30,37)(H,31,35). The number of carbonyl (C=O) groups is 3. The molecule has 2 heterocycles. The van der Waals surface area contributed by atoms with Crippen molar-refractivity contribution in [1.82, 2.24) is 15.1 Å². The maximum atomic E-state index is 13.1. The molecule has 1 atom stereocenters. The molecular weight excluding hydrogens is 555 g/mol. The third-order valence-corrected chi connectivity index (χ3v) is 6.96. The van der Waals surface area contributed by atoms with Gasteiger partial charge in [-0.1, -0.05) is 22.0 Å². The Hall–Kier alpha value is -3.12. The van der Waals surface area contributed by atoms with Gasteiger partial charge in [-0.3, -0.25) is 19.3 Å². The number of piperazine rings is 2. The number of rotatable bonds is 6. The largest absolute Gasteiger partial charge is 0.416 e. The van der Waals surface area contributed by atoms with Crippen molar-refractivity contribution >= 4 is 45.0 Å². The smallest absolute Gasteiger partial charge is 0.369 e. The maximum Gasteiger partial charge on any atom is 0.416 e. The molecule has 2 fully saturated rings. The summed E-state index contributed by atoms with van der Waals surface area (Å²) >= 11 is 3.33. The summed E-state index contributed by atoms with van der Waals surface area (Å²) in [5.74, 6) is -1.01. The Morgan fingerprint density at radius 1 is 1.03 bits per heavy atom. The number of halogens is 4. The molecule has 2 aromatic rings. The second-order valence-corrected chi connectivity index (χ2v) is 9.88. The van der Waals surface area contributed by atoms with Gasteiger partial charge in [-0.2, -0.15) is 13.2 Å². The lowest BCUT2D eigenvalue weighted by Crippen LogP contribution is -2.60. The zero-order chi connectivity index (χ0) is 26.6. The van der Waals surface area contributed by atoms with E-state index < -0.39 is 17.8 Å². The van der Waals surface area contributed by atoms with Crippen LogP contribution in [0.3, 0.4) is 0 Å². The summed E-state index contributed by atoms with van der Waals surface area (Å²) in [5.41, 5.74) is 0.382. The Morgan fingerprint density at radius 3 is 2.41 bits per heavy atom. The van der Waals surface area contributed by atoms with Crippen LogP contribution >= 0.6 is 15.9 Å². The highest BCUT2D eigenvalue weighted by Crippen LogP contribution is 2.32. The van der Waals surface area contributed by atoms with Gasteiger partial charge in [-0.05, 0) is 42.5 Å². The number of nitrogens with one attached hydrogen (secondary N) is 2. The summed E-state index contributed by atoms with van der Waals surface area (Å²) in [6, 6.07) is 11.3. The monoisotopic (exact) mass is 581 g/mol. The van der Waals surface area contributed by atoms with Crippen LogP contribution in [0.5, 0.6) is 0 Å². The van der Waals surface area contributed by atoms with Gasteiger partial charge >= 0.3 is 6.18 Å². The first-order valence-corrected chi connectivity index (χ1v) is 12.7. The summed E-state index contributed by atoms with van der Waals surface area (Å²) < 4.78 is 40.0. The molecule has 3 amide bonds. The first kappa shape index (κ1) is 26.9. The highest BCUT2D eigenvalue weighted by atomic mass is 79.9. The molecule has 0 aromatic heterocycles. The number of anilines is 2. The molecule has 0 spiro atoms. The molecule has 4 rings (SSSR count). The van der Waals surface area contributed by atoms with Gasteiger partial charge in [0.25, 0.3) is 0 Å². The van der Waals surface area contributed by atoms with Gasteiger partial charge in [0.2, 0.25) is 17.7 Å². The molecule has 0 aliphatic carbocycles. The van der Waals surface area contributed by atoms with E-state index in [1.54, 1.807) is 30.3 Å². The van der Waals surface area contributed by atoms with Crippen molar-refractivity contribution in [2.24, 2.45) is 0 Å². The third kappa shape index (κ3) is 7.01. The Balaban J connectivity index is 1.32. The molecule has 2 saturated heterocycles. The predicted molar refractivity (Wildman–Crippen MR) is 136 cm³/mol. The van der Waals surface area contributed by atoms with Crippen molar-refractivity contribution in [3.8, 4) is 0 Å². The highest BCUT2D eigenvalue weighted by Gasteiger charge is 2.36. The van der Waals surface area contributed by atoms with E-state index in [-0.39, 0.29) is 30.7 Å². The van der Waals surface area contributed by atoms with E-state index in [4.69, 9.17) is 0 Å². The predicted octanol–water partition coefficient (Wildman–Crippen LogP) is 2.95. The average molecular weight is 582 g/mol. The zero-order valence-corrected chi connectivity index (χ0v) is 21.5. The van der Waals surface area contributed by atoms with Crippen molar-refractivity contribution in [1.29, 1.82) is 0 Å². The Labute approximate surface area is 220 Å². The molecule has 8 nitrogen and oxygen atoms in total. The van der Waals surface area contributed by atoms with Crippen LogP contribution in [0.4, 0.5) is 24.5 Å². The molecular formula is C25H27BrF3N5O3. The van der Waals surface area contributed by atoms with Gasteiger partial charge in [0.1, 0.15) is 6.04 Å². The Bertz CT molecular complexity index is 1140. The van der Waals surface area contributed by atoms with E-state index in [2.05, 4.69) is 26.6 Å². The van der Waals surface area contributed by atoms with Gasteiger partial charge in [0.15, 0.2) is 0 Å². The van der Waals surface area contributed by atoms with Crippen molar-refractivity contribution in [3.63, 3.8) is 0 Å². The molecule has 37 heavy (non-hydrogen) atoms.